The summed E-state index contributed by atoms with van der Waals surface area (Å²) in [5.41, 5.74) is 5.85. The molecule has 4 nitrogen and oxygen atoms in total. The fourth-order valence-corrected chi connectivity index (χ4v) is 2.16. The molecule has 1 aromatic carbocycles. The second-order valence-electron chi connectivity index (χ2n) is 4.78. The monoisotopic (exact) mass is 240 g/mol. The van der Waals surface area contributed by atoms with E-state index >= 15 is 0 Å². The van der Waals surface area contributed by atoms with E-state index in [9.17, 15) is 0 Å². The van der Waals surface area contributed by atoms with Crippen LogP contribution in [0, 0.1) is 13.8 Å². The van der Waals surface area contributed by atoms with Gasteiger partial charge in [0.25, 0.3) is 0 Å². The van der Waals surface area contributed by atoms with Crippen LogP contribution in [0.5, 0.6) is 0 Å². The van der Waals surface area contributed by atoms with Crippen molar-refractivity contribution < 1.29 is 0 Å². The van der Waals surface area contributed by atoms with E-state index in [1.54, 1.807) is 0 Å². The molecule has 4 heteroatoms. The van der Waals surface area contributed by atoms with Gasteiger partial charge in [0.2, 0.25) is 0 Å². The van der Waals surface area contributed by atoms with Crippen molar-refractivity contribution in [2.45, 2.75) is 20.4 Å². The zero-order valence-corrected chi connectivity index (χ0v) is 10.9. The Kier molecular flexibility index (Phi) is 2.44. The molecular weight excluding hydrogens is 224 g/mol. The Hall–Kier alpha value is -2.10. The molecular formula is C14H16N4. The summed E-state index contributed by atoms with van der Waals surface area (Å²) in [6.45, 7) is 5.01. The highest BCUT2D eigenvalue weighted by Crippen LogP contribution is 2.19. The predicted octanol–water partition coefficient (Wildman–Crippen LogP) is 2.43. The lowest BCUT2D eigenvalue weighted by atomic mass is 10.1. The number of aryl methyl sites for hydroxylation is 3. The van der Waals surface area contributed by atoms with Crippen LogP contribution in [-0.2, 0) is 13.6 Å². The molecule has 0 aliphatic carbocycles. The highest BCUT2D eigenvalue weighted by molar-refractivity contribution is 5.77. The first-order valence-corrected chi connectivity index (χ1v) is 6.04. The Labute approximate surface area is 106 Å². The molecule has 0 atom stereocenters. The molecule has 92 valence electrons. The third-order valence-corrected chi connectivity index (χ3v) is 3.34. The van der Waals surface area contributed by atoms with Crippen molar-refractivity contribution >= 4 is 11.0 Å². The minimum atomic E-state index is 0.764. The Morgan fingerprint density at radius 1 is 1.17 bits per heavy atom. The minimum absolute atomic E-state index is 0.764. The van der Waals surface area contributed by atoms with E-state index in [1.165, 1.54) is 16.6 Å². The van der Waals surface area contributed by atoms with Gasteiger partial charge in [-0.3, -0.25) is 4.68 Å². The smallest absolute Gasteiger partial charge is 0.0962 e. The Balaban J connectivity index is 2.04. The van der Waals surface area contributed by atoms with E-state index in [0.717, 1.165) is 17.8 Å². The van der Waals surface area contributed by atoms with Crippen LogP contribution in [0.2, 0.25) is 0 Å². The van der Waals surface area contributed by atoms with Crippen LogP contribution in [0.3, 0.4) is 0 Å². The maximum atomic E-state index is 4.45. The number of hydrogen-bond donors (Lipinski definition) is 0. The van der Waals surface area contributed by atoms with Crippen LogP contribution in [-0.4, -0.2) is 19.3 Å². The quantitative estimate of drug-likeness (QED) is 0.689. The molecule has 0 spiro atoms. The van der Waals surface area contributed by atoms with Gasteiger partial charge in [-0.05, 0) is 43.2 Å². The lowest BCUT2D eigenvalue weighted by molar-refractivity contribution is 0.714. The molecule has 0 bridgehead atoms. The number of benzene rings is 1. The van der Waals surface area contributed by atoms with Crippen LogP contribution in [0.25, 0.3) is 11.0 Å². The summed E-state index contributed by atoms with van der Waals surface area (Å²) in [4.78, 5) is 4.45. The summed E-state index contributed by atoms with van der Waals surface area (Å²) in [5.74, 6) is 0. The molecule has 2 heterocycles. The van der Waals surface area contributed by atoms with Crippen LogP contribution >= 0.6 is 0 Å². The third kappa shape index (κ3) is 1.79. The largest absolute Gasteiger partial charge is 0.324 e. The molecule has 0 unspecified atom stereocenters. The average Bonchev–Trinajstić information content (AvgIpc) is 2.89. The van der Waals surface area contributed by atoms with Crippen LogP contribution in [0.1, 0.15) is 16.8 Å². The van der Waals surface area contributed by atoms with Gasteiger partial charge in [0, 0.05) is 13.2 Å². The average molecular weight is 240 g/mol. The van der Waals surface area contributed by atoms with Gasteiger partial charge in [-0.1, -0.05) is 0 Å². The number of imidazole rings is 1. The van der Waals surface area contributed by atoms with Crippen molar-refractivity contribution in [2.24, 2.45) is 7.05 Å². The lowest BCUT2D eigenvalue weighted by Crippen LogP contribution is -2.00. The highest BCUT2D eigenvalue weighted by atomic mass is 15.3. The second kappa shape index (κ2) is 3.98. The Morgan fingerprint density at radius 3 is 2.67 bits per heavy atom. The number of fused-ring (bicyclic) bond motifs is 1. The van der Waals surface area contributed by atoms with Crippen molar-refractivity contribution in [1.29, 1.82) is 0 Å². The first-order valence-electron chi connectivity index (χ1n) is 6.04. The summed E-state index contributed by atoms with van der Waals surface area (Å²) < 4.78 is 3.97. The van der Waals surface area contributed by atoms with Crippen molar-refractivity contribution in [1.82, 2.24) is 19.3 Å². The van der Waals surface area contributed by atoms with Crippen molar-refractivity contribution in [3.05, 3.63) is 47.5 Å². The number of hydrogen-bond acceptors (Lipinski definition) is 2. The fourth-order valence-electron chi connectivity index (χ4n) is 2.16. The summed E-state index contributed by atoms with van der Waals surface area (Å²) in [6, 6.07) is 6.37. The maximum Gasteiger partial charge on any atom is 0.0962 e. The van der Waals surface area contributed by atoms with E-state index < -0.39 is 0 Å². The van der Waals surface area contributed by atoms with Gasteiger partial charge in [-0.15, -0.1) is 0 Å². The van der Waals surface area contributed by atoms with E-state index in [1.807, 2.05) is 30.3 Å². The van der Waals surface area contributed by atoms with Gasteiger partial charge in [-0.2, -0.15) is 5.10 Å². The van der Waals surface area contributed by atoms with Crippen LogP contribution in [0.4, 0.5) is 0 Å². The Bertz CT molecular complexity index is 706. The molecule has 0 amide bonds. The second-order valence-corrected chi connectivity index (χ2v) is 4.78. The van der Waals surface area contributed by atoms with E-state index in [2.05, 4.69) is 40.6 Å². The molecule has 0 aliphatic rings. The highest BCUT2D eigenvalue weighted by Gasteiger charge is 2.06. The van der Waals surface area contributed by atoms with Crippen molar-refractivity contribution in [3.8, 4) is 0 Å². The lowest BCUT2D eigenvalue weighted by Gasteiger charge is -2.04. The minimum Gasteiger partial charge on any atom is -0.324 e. The summed E-state index contributed by atoms with van der Waals surface area (Å²) in [6.07, 6.45) is 3.85. The number of nitrogens with zero attached hydrogens (tertiary/aromatic N) is 4. The van der Waals surface area contributed by atoms with E-state index in [0.29, 0.717) is 0 Å². The topological polar surface area (TPSA) is 35.6 Å². The van der Waals surface area contributed by atoms with Gasteiger partial charge in [-0.25, -0.2) is 4.98 Å². The molecule has 0 N–H and O–H groups in total. The molecule has 0 radical (unpaired) electrons. The molecule has 0 saturated heterocycles. The predicted molar refractivity (Wildman–Crippen MR) is 71.5 cm³/mol. The van der Waals surface area contributed by atoms with Gasteiger partial charge in [0.05, 0.1) is 29.6 Å². The van der Waals surface area contributed by atoms with E-state index in [-0.39, 0.29) is 0 Å². The molecule has 18 heavy (non-hydrogen) atoms. The summed E-state index contributed by atoms with van der Waals surface area (Å²) in [5, 5.41) is 4.40. The van der Waals surface area contributed by atoms with Gasteiger partial charge < -0.3 is 4.57 Å². The summed E-state index contributed by atoms with van der Waals surface area (Å²) >= 11 is 0. The van der Waals surface area contributed by atoms with E-state index in [4.69, 9.17) is 0 Å². The van der Waals surface area contributed by atoms with Crippen molar-refractivity contribution in [2.75, 3.05) is 0 Å². The standard InChI is InChI=1S/C14H16N4/c1-10-6-13-14(7-11(10)2)18(9-15-13)8-12-4-5-17(3)16-12/h4-7,9H,8H2,1-3H3. The van der Waals surface area contributed by atoms with Gasteiger partial charge in [0.1, 0.15) is 0 Å². The molecule has 3 aromatic rings. The fraction of sp³-hybridized carbons (Fsp3) is 0.286. The van der Waals surface area contributed by atoms with Gasteiger partial charge >= 0.3 is 0 Å². The third-order valence-electron chi connectivity index (χ3n) is 3.34. The number of aromatic nitrogens is 4. The van der Waals surface area contributed by atoms with Crippen LogP contribution in [0.15, 0.2) is 30.7 Å². The Morgan fingerprint density at radius 2 is 1.94 bits per heavy atom. The van der Waals surface area contributed by atoms with Crippen LogP contribution < -0.4 is 0 Å². The number of rotatable bonds is 2. The molecule has 3 rings (SSSR count). The summed E-state index contributed by atoms with van der Waals surface area (Å²) in [7, 11) is 1.93. The molecule has 0 aliphatic heterocycles. The van der Waals surface area contributed by atoms with Crippen molar-refractivity contribution in [3.63, 3.8) is 0 Å². The van der Waals surface area contributed by atoms with Gasteiger partial charge in [0.15, 0.2) is 0 Å². The zero-order valence-electron chi connectivity index (χ0n) is 10.9. The first kappa shape index (κ1) is 11.0. The normalized spacial score (nSPS) is 11.3. The SMILES string of the molecule is Cc1cc2ncn(Cc3ccn(C)n3)c2cc1C. The first-order chi connectivity index (χ1) is 8.63. The molecule has 0 fully saturated rings. The maximum absolute atomic E-state index is 4.45. The zero-order chi connectivity index (χ0) is 12.7. The molecule has 2 aromatic heterocycles. The molecule has 0 saturated carbocycles.